The number of rotatable bonds is 16. The maximum atomic E-state index is 13.2. The SMILES string of the molecule is CCCCCCCCCCCCc1ccc(S(=O)(=O)NN(c2ccccc2)c2cccc(O)c2)cc1. The number of hydrogen-bond acceptors (Lipinski definition) is 4. The Labute approximate surface area is 217 Å². The van der Waals surface area contributed by atoms with Gasteiger partial charge in [-0.1, -0.05) is 101 Å². The molecule has 0 spiro atoms. The summed E-state index contributed by atoms with van der Waals surface area (Å²) in [6, 6.07) is 22.8. The van der Waals surface area contributed by atoms with Gasteiger partial charge in [-0.25, -0.2) is 8.42 Å². The van der Waals surface area contributed by atoms with Crippen molar-refractivity contribution in [1.29, 1.82) is 0 Å². The van der Waals surface area contributed by atoms with Crippen molar-refractivity contribution in [3.05, 3.63) is 84.4 Å². The number of phenolic OH excluding ortho intramolecular Hbond substituents is 1. The molecule has 0 fully saturated rings. The summed E-state index contributed by atoms with van der Waals surface area (Å²) >= 11 is 0. The number of nitrogens with zero attached hydrogens (tertiary/aromatic N) is 1. The summed E-state index contributed by atoms with van der Waals surface area (Å²) in [6.07, 6.45) is 14.0. The Morgan fingerprint density at radius 2 is 1.28 bits per heavy atom. The maximum Gasteiger partial charge on any atom is 0.257 e. The van der Waals surface area contributed by atoms with Gasteiger partial charge in [0, 0.05) is 6.07 Å². The van der Waals surface area contributed by atoms with Crippen LogP contribution in [-0.4, -0.2) is 13.5 Å². The van der Waals surface area contributed by atoms with Gasteiger partial charge in [-0.15, -0.1) is 4.83 Å². The Morgan fingerprint density at radius 3 is 1.89 bits per heavy atom. The van der Waals surface area contributed by atoms with E-state index in [1.807, 2.05) is 42.5 Å². The minimum atomic E-state index is -3.84. The fourth-order valence-electron chi connectivity index (χ4n) is 4.29. The molecule has 0 heterocycles. The van der Waals surface area contributed by atoms with Crippen LogP contribution in [0.5, 0.6) is 5.75 Å². The van der Waals surface area contributed by atoms with Crippen LogP contribution in [0.4, 0.5) is 11.4 Å². The first-order chi connectivity index (χ1) is 17.5. The Hall–Kier alpha value is -2.83. The molecule has 0 atom stereocenters. The van der Waals surface area contributed by atoms with Crippen LogP contribution in [0.1, 0.15) is 76.7 Å². The summed E-state index contributed by atoms with van der Waals surface area (Å²) in [5.74, 6) is 0.0592. The largest absolute Gasteiger partial charge is 0.508 e. The first kappa shape index (κ1) is 27.8. The van der Waals surface area contributed by atoms with Gasteiger partial charge in [0.05, 0.1) is 16.3 Å². The lowest BCUT2D eigenvalue weighted by atomic mass is 10.0. The van der Waals surface area contributed by atoms with Gasteiger partial charge >= 0.3 is 0 Å². The van der Waals surface area contributed by atoms with Gasteiger partial charge in [-0.2, -0.15) is 0 Å². The normalized spacial score (nSPS) is 11.5. The van der Waals surface area contributed by atoms with E-state index in [0.29, 0.717) is 11.4 Å². The molecule has 0 saturated carbocycles. The van der Waals surface area contributed by atoms with E-state index in [4.69, 9.17) is 0 Å². The van der Waals surface area contributed by atoms with Crippen molar-refractivity contribution in [2.75, 3.05) is 5.01 Å². The molecule has 5 nitrogen and oxygen atoms in total. The highest BCUT2D eigenvalue weighted by atomic mass is 32.2. The third-order valence-electron chi connectivity index (χ3n) is 6.37. The van der Waals surface area contributed by atoms with Crippen molar-refractivity contribution >= 4 is 21.4 Å². The molecule has 0 radical (unpaired) electrons. The zero-order chi connectivity index (χ0) is 25.6. The van der Waals surface area contributed by atoms with E-state index in [1.54, 1.807) is 30.3 Å². The molecular weight excluding hydrogens is 468 g/mol. The smallest absolute Gasteiger partial charge is 0.257 e. The molecule has 0 aliphatic carbocycles. The van der Waals surface area contributed by atoms with Crippen LogP contribution in [0, 0.1) is 0 Å². The Morgan fingerprint density at radius 1 is 0.694 bits per heavy atom. The second kappa shape index (κ2) is 14.7. The second-order valence-electron chi connectivity index (χ2n) is 9.36. The standard InChI is InChI=1S/C30H40N2O3S/c1-2-3-4-5-6-7-8-9-10-12-16-26-21-23-30(24-22-26)36(34,35)31-32(27-17-13-11-14-18-27)28-19-15-20-29(33)25-28/h11,13-15,17-25,31,33H,2-10,12,16H2,1H3. The molecule has 3 aromatic rings. The lowest BCUT2D eigenvalue weighted by Crippen LogP contribution is -2.38. The van der Waals surface area contributed by atoms with Gasteiger partial charge in [0.15, 0.2) is 0 Å². The van der Waals surface area contributed by atoms with Crippen molar-refractivity contribution in [3.8, 4) is 5.75 Å². The number of benzene rings is 3. The highest BCUT2D eigenvalue weighted by Crippen LogP contribution is 2.27. The summed E-state index contributed by atoms with van der Waals surface area (Å²) in [4.78, 5) is 2.88. The van der Waals surface area contributed by atoms with Gasteiger partial charge in [0.2, 0.25) is 0 Å². The molecule has 194 valence electrons. The summed E-state index contributed by atoms with van der Waals surface area (Å²) in [7, 11) is -3.84. The van der Waals surface area contributed by atoms with Crippen LogP contribution in [0.2, 0.25) is 0 Å². The highest BCUT2D eigenvalue weighted by Gasteiger charge is 2.20. The number of hydrazine groups is 1. The first-order valence-corrected chi connectivity index (χ1v) is 14.7. The quantitative estimate of drug-likeness (QED) is 0.152. The van der Waals surface area contributed by atoms with Crippen LogP contribution in [-0.2, 0) is 16.4 Å². The highest BCUT2D eigenvalue weighted by molar-refractivity contribution is 7.89. The summed E-state index contributed by atoms with van der Waals surface area (Å²) < 4.78 is 26.4. The molecule has 0 unspecified atom stereocenters. The summed E-state index contributed by atoms with van der Waals surface area (Å²) in [6.45, 7) is 2.25. The van der Waals surface area contributed by atoms with Gasteiger partial charge in [-0.3, -0.25) is 5.01 Å². The number of aryl methyl sites for hydroxylation is 1. The van der Waals surface area contributed by atoms with Crippen molar-refractivity contribution in [1.82, 2.24) is 4.83 Å². The molecule has 3 aromatic carbocycles. The number of phenols is 1. The minimum Gasteiger partial charge on any atom is -0.508 e. The first-order valence-electron chi connectivity index (χ1n) is 13.3. The van der Waals surface area contributed by atoms with Gasteiger partial charge < -0.3 is 5.11 Å². The zero-order valence-electron chi connectivity index (χ0n) is 21.4. The molecule has 0 amide bonds. The maximum absolute atomic E-state index is 13.2. The van der Waals surface area contributed by atoms with Crippen molar-refractivity contribution in [3.63, 3.8) is 0 Å². The molecule has 0 aliphatic heterocycles. The van der Waals surface area contributed by atoms with Crippen LogP contribution in [0.15, 0.2) is 83.8 Å². The van der Waals surface area contributed by atoms with Gasteiger partial charge in [0.25, 0.3) is 10.0 Å². The van der Waals surface area contributed by atoms with E-state index >= 15 is 0 Å². The topological polar surface area (TPSA) is 69.6 Å². The summed E-state index contributed by atoms with van der Waals surface area (Å²) in [5.41, 5.74) is 2.31. The fourth-order valence-corrected chi connectivity index (χ4v) is 5.34. The van der Waals surface area contributed by atoms with E-state index in [1.165, 1.54) is 68.9 Å². The fraction of sp³-hybridized carbons (Fsp3) is 0.400. The molecule has 36 heavy (non-hydrogen) atoms. The molecule has 0 aliphatic rings. The lowest BCUT2D eigenvalue weighted by molar-refractivity contribution is 0.475. The van der Waals surface area contributed by atoms with Gasteiger partial charge in [0.1, 0.15) is 5.75 Å². The van der Waals surface area contributed by atoms with Crippen LogP contribution >= 0.6 is 0 Å². The molecule has 0 saturated heterocycles. The summed E-state index contributed by atoms with van der Waals surface area (Å²) in [5, 5.41) is 11.4. The Kier molecular flexibility index (Phi) is 11.3. The molecule has 2 N–H and O–H groups in total. The third-order valence-corrected chi connectivity index (χ3v) is 7.68. The van der Waals surface area contributed by atoms with E-state index in [9.17, 15) is 13.5 Å². The molecule has 0 bridgehead atoms. The molecule has 6 heteroatoms. The van der Waals surface area contributed by atoms with Crippen molar-refractivity contribution < 1.29 is 13.5 Å². The molecule has 3 rings (SSSR count). The zero-order valence-corrected chi connectivity index (χ0v) is 22.2. The predicted octanol–water partition coefficient (Wildman–Crippen LogP) is 7.89. The van der Waals surface area contributed by atoms with E-state index in [0.717, 1.165) is 18.4 Å². The van der Waals surface area contributed by atoms with Crippen molar-refractivity contribution in [2.45, 2.75) is 82.4 Å². The lowest BCUT2D eigenvalue weighted by Gasteiger charge is -2.25. The van der Waals surface area contributed by atoms with E-state index in [-0.39, 0.29) is 10.6 Å². The number of sulfonamides is 1. The average molecular weight is 509 g/mol. The van der Waals surface area contributed by atoms with Crippen LogP contribution in [0.25, 0.3) is 0 Å². The number of para-hydroxylation sites is 1. The van der Waals surface area contributed by atoms with E-state index < -0.39 is 10.0 Å². The van der Waals surface area contributed by atoms with Crippen molar-refractivity contribution in [2.24, 2.45) is 0 Å². The average Bonchev–Trinajstić information content (AvgIpc) is 2.89. The predicted molar refractivity (Wildman–Crippen MR) is 149 cm³/mol. The second-order valence-corrected chi connectivity index (χ2v) is 11.0. The number of aromatic hydroxyl groups is 1. The third kappa shape index (κ3) is 8.99. The monoisotopic (exact) mass is 508 g/mol. The molecular formula is C30H40N2O3S. The number of unbranched alkanes of at least 4 members (excludes halogenated alkanes) is 9. The van der Waals surface area contributed by atoms with Gasteiger partial charge in [-0.05, 0) is 54.8 Å². The van der Waals surface area contributed by atoms with Crippen LogP contribution in [0.3, 0.4) is 0 Å². The Balaban J connectivity index is 1.53. The number of anilines is 2. The molecule has 0 aromatic heterocycles. The van der Waals surface area contributed by atoms with E-state index in [2.05, 4.69) is 11.8 Å². The minimum absolute atomic E-state index is 0.0592. The number of hydrogen-bond donors (Lipinski definition) is 2. The Bertz CT molecular complexity index is 1130. The van der Waals surface area contributed by atoms with Crippen LogP contribution < -0.4 is 9.84 Å². The number of nitrogens with one attached hydrogen (secondary N) is 1.